The monoisotopic (exact) mass is 274 g/mol. The van der Waals surface area contributed by atoms with Crippen molar-refractivity contribution < 1.29 is 4.74 Å². The third kappa shape index (κ3) is 2.38. The molecule has 0 bridgehead atoms. The predicted molar refractivity (Wildman–Crippen MR) is 64.0 cm³/mol. The van der Waals surface area contributed by atoms with Crippen LogP contribution in [0.4, 0.5) is 0 Å². The topological polar surface area (TPSA) is 12.5 Å². The largest absolute Gasteiger partial charge is 0.370 e. The Labute approximate surface area is 97.6 Å². The van der Waals surface area contributed by atoms with Crippen LogP contribution < -0.4 is 0 Å². The first-order valence-electron chi connectivity index (χ1n) is 5.11. The molecule has 0 aliphatic carbocycles. The summed E-state index contributed by atoms with van der Waals surface area (Å²) in [5.74, 6) is 0.682. The highest BCUT2D eigenvalue weighted by Crippen LogP contribution is 2.38. The summed E-state index contributed by atoms with van der Waals surface area (Å²) in [7, 11) is 0. The minimum absolute atomic E-state index is 0.493. The average Bonchev–Trinajstić information content (AvgIpc) is 2.66. The van der Waals surface area contributed by atoms with Gasteiger partial charge in [-0.05, 0) is 53.7 Å². The molecule has 3 unspecified atom stereocenters. The van der Waals surface area contributed by atoms with E-state index in [0.29, 0.717) is 18.1 Å². The molecule has 3 atom stereocenters. The molecule has 0 amide bonds. The van der Waals surface area contributed by atoms with Gasteiger partial charge in [-0.2, -0.15) is 0 Å². The molecule has 1 aromatic heterocycles. The first kappa shape index (κ1) is 10.7. The van der Waals surface area contributed by atoms with Gasteiger partial charge in [0.1, 0.15) is 0 Å². The normalized spacial score (nSPS) is 27.6. The summed E-state index contributed by atoms with van der Waals surface area (Å²) in [5, 5.41) is 0. The van der Waals surface area contributed by atoms with Gasteiger partial charge in [0.25, 0.3) is 0 Å². The van der Waals surface area contributed by atoms with Crippen LogP contribution in [0, 0.1) is 0 Å². The summed E-state index contributed by atoms with van der Waals surface area (Å²) in [6.45, 7) is 4.41. The molecule has 14 heavy (non-hydrogen) atoms. The number of ether oxygens (including phenoxy) is 1. The highest BCUT2D eigenvalue weighted by molar-refractivity contribution is 9.11. The van der Waals surface area contributed by atoms with Crippen LogP contribution in [0.2, 0.25) is 0 Å². The zero-order valence-electron chi connectivity index (χ0n) is 8.50. The Kier molecular flexibility index (Phi) is 3.30. The van der Waals surface area contributed by atoms with Crippen molar-refractivity contribution in [3.05, 3.63) is 20.8 Å². The van der Waals surface area contributed by atoms with Gasteiger partial charge in [-0.1, -0.05) is 6.92 Å². The third-order valence-electron chi connectivity index (χ3n) is 2.84. The molecule has 0 saturated carbocycles. The van der Waals surface area contributed by atoms with Crippen molar-refractivity contribution in [3.63, 3.8) is 0 Å². The van der Waals surface area contributed by atoms with E-state index in [4.69, 9.17) is 4.74 Å². The minimum atomic E-state index is 0.493. The molecule has 1 saturated heterocycles. The number of rotatable bonds is 4. The van der Waals surface area contributed by atoms with Crippen molar-refractivity contribution in [1.82, 2.24) is 0 Å². The first-order valence-corrected chi connectivity index (χ1v) is 6.72. The van der Waals surface area contributed by atoms with Crippen molar-refractivity contribution in [2.24, 2.45) is 0 Å². The fourth-order valence-corrected chi connectivity index (χ4v) is 3.41. The smallest absolute Gasteiger partial charge is 0.0845 e. The van der Waals surface area contributed by atoms with Crippen LogP contribution in [0.15, 0.2) is 15.9 Å². The lowest BCUT2D eigenvalue weighted by Gasteiger charge is -2.10. The lowest BCUT2D eigenvalue weighted by Crippen LogP contribution is -2.00. The molecule has 2 heterocycles. The molecular formula is C11H15BrOS. The molecule has 0 radical (unpaired) electrons. The van der Waals surface area contributed by atoms with Crippen LogP contribution >= 0.6 is 27.3 Å². The molecule has 1 nitrogen and oxygen atoms in total. The summed E-state index contributed by atoms with van der Waals surface area (Å²) in [4.78, 5) is 1.49. The van der Waals surface area contributed by atoms with Gasteiger partial charge in [0, 0.05) is 4.88 Å². The second kappa shape index (κ2) is 4.33. The van der Waals surface area contributed by atoms with E-state index in [9.17, 15) is 0 Å². The van der Waals surface area contributed by atoms with E-state index in [1.807, 2.05) is 11.3 Å². The lowest BCUT2D eigenvalue weighted by atomic mass is 9.98. The van der Waals surface area contributed by atoms with Gasteiger partial charge in [-0.15, -0.1) is 11.3 Å². The Hall–Kier alpha value is 0.140. The van der Waals surface area contributed by atoms with Crippen LogP contribution in [0.25, 0.3) is 0 Å². The summed E-state index contributed by atoms with van der Waals surface area (Å²) in [6.07, 6.45) is 3.40. The molecule has 1 aliphatic rings. The van der Waals surface area contributed by atoms with Gasteiger partial charge in [-0.3, -0.25) is 0 Å². The Bertz CT molecular complexity index is 310. The molecule has 1 aliphatic heterocycles. The molecule has 78 valence electrons. The number of halogens is 1. The van der Waals surface area contributed by atoms with E-state index in [0.717, 1.165) is 0 Å². The fourth-order valence-electron chi connectivity index (χ4n) is 1.79. The SMILES string of the molecule is CCC(CC1OC1C)c1ccc(Br)s1. The van der Waals surface area contributed by atoms with Gasteiger partial charge in [0.15, 0.2) is 0 Å². The molecule has 0 N–H and O–H groups in total. The van der Waals surface area contributed by atoms with Crippen LogP contribution in [0.5, 0.6) is 0 Å². The Morgan fingerprint density at radius 3 is 2.71 bits per heavy atom. The summed E-state index contributed by atoms with van der Waals surface area (Å²) < 4.78 is 6.70. The summed E-state index contributed by atoms with van der Waals surface area (Å²) >= 11 is 5.36. The Morgan fingerprint density at radius 1 is 1.57 bits per heavy atom. The maximum absolute atomic E-state index is 5.47. The van der Waals surface area contributed by atoms with Gasteiger partial charge in [0.05, 0.1) is 16.0 Å². The van der Waals surface area contributed by atoms with Crippen LogP contribution in [-0.2, 0) is 4.74 Å². The highest BCUT2D eigenvalue weighted by atomic mass is 79.9. The highest BCUT2D eigenvalue weighted by Gasteiger charge is 2.36. The average molecular weight is 275 g/mol. The minimum Gasteiger partial charge on any atom is -0.370 e. The molecular weight excluding hydrogens is 260 g/mol. The maximum Gasteiger partial charge on any atom is 0.0845 e. The number of hydrogen-bond donors (Lipinski definition) is 0. The quantitative estimate of drug-likeness (QED) is 0.751. The van der Waals surface area contributed by atoms with Crippen molar-refractivity contribution in [2.45, 2.75) is 44.8 Å². The van der Waals surface area contributed by atoms with Crippen molar-refractivity contribution in [3.8, 4) is 0 Å². The van der Waals surface area contributed by atoms with Crippen LogP contribution in [0.1, 0.15) is 37.5 Å². The zero-order valence-corrected chi connectivity index (χ0v) is 10.9. The number of thiophene rings is 1. The second-order valence-electron chi connectivity index (χ2n) is 3.86. The Morgan fingerprint density at radius 2 is 2.29 bits per heavy atom. The molecule has 1 fully saturated rings. The fraction of sp³-hybridized carbons (Fsp3) is 0.636. The van der Waals surface area contributed by atoms with E-state index in [1.54, 1.807) is 0 Å². The summed E-state index contributed by atoms with van der Waals surface area (Å²) in [6, 6.07) is 4.37. The number of hydrogen-bond acceptors (Lipinski definition) is 2. The maximum atomic E-state index is 5.47. The van der Waals surface area contributed by atoms with Crippen LogP contribution in [-0.4, -0.2) is 12.2 Å². The van der Waals surface area contributed by atoms with Gasteiger partial charge < -0.3 is 4.74 Å². The lowest BCUT2D eigenvalue weighted by molar-refractivity contribution is 0.358. The van der Waals surface area contributed by atoms with Gasteiger partial charge in [-0.25, -0.2) is 0 Å². The molecule has 0 spiro atoms. The van der Waals surface area contributed by atoms with Crippen LogP contribution in [0.3, 0.4) is 0 Å². The third-order valence-corrected chi connectivity index (χ3v) is 4.63. The van der Waals surface area contributed by atoms with E-state index in [1.165, 1.54) is 21.5 Å². The van der Waals surface area contributed by atoms with E-state index in [2.05, 4.69) is 41.9 Å². The summed E-state index contributed by atoms with van der Waals surface area (Å²) in [5.41, 5.74) is 0. The van der Waals surface area contributed by atoms with Gasteiger partial charge >= 0.3 is 0 Å². The zero-order chi connectivity index (χ0) is 10.1. The first-order chi connectivity index (χ1) is 6.70. The molecule has 0 aromatic carbocycles. The van der Waals surface area contributed by atoms with Crippen molar-refractivity contribution in [2.75, 3.05) is 0 Å². The molecule has 3 heteroatoms. The van der Waals surface area contributed by atoms with E-state index < -0.39 is 0 Å². The number of epoxide rings is 1. The van der Waals surface area contributed by atoms with Crippen molar-refractivity contribution in [1.29, 1.82) is 0 Å². The van der Waals surface area contributed by atoms with E-state index in [-0.39, 0.29) is 0 Å². The standard InChI is InChI=1S/C11H15BrOS/c1-3-8(6-9-7(2)13-9)10-4-5-11(12)14-10/h4-5,7-9H,3,6H2,1-2H3. The van der Waals surface area contributed by atoms with E-state index >= 15 is 0 Å². The van der Waals surface area contributed by atoms with Gasteiger partial charge in [0.2, 0.25) is 0 Å². The Balaban J connectivity index is 1.98. The predicted octanol–water partition coefficient (Wildman–Crippen LogP) is 4.18. The second-order valence-corrected chi connectivity index (χ2v) is 6.36. The molecule has 2 rings (SSSR count). The van der Waals surface area contributed by atoms with Crippen molar-refractivity contribution >= 4 is 27.3 Å². The molecule has 1 aromatic rings.